The summed E-state index contributed by atoms with van der Waals surface area (Å²) >= 11 is 0. The topological polar surface area (TPSA) is 33.5 Å². The predicted octanol–water partition coefficient (Wildman–Crippen LogP) is 11.8. The van der Waals surface area contributed by atoms with Gasteiger partial charge < -0.3 is 14.5 Å². The van der Waals surface area contributed by atoms with Crippen LogP contribution in [0, 0.1) is 0 Å². The van der Waals surface area contributed by atoms with Gasteiger partial charge in [-0.25, -0.2) is 4.98 Å². The molecule has 4 aliphatic rings. The quantitative estimate of drug-likeness (QED) is 0.183. The number of hydrogen-bond acceptors (Lipinski definition) is 4. The second-order valence-corrected chi connectivity index (χ2v) is 15.9. The summed E-state index contributed by atoms with van der Waals surface area (Å²) in [6, 6.07) is 48.8. The highest BCUT2D eigenvalue weighted by Crippen LogP contribution is 2.58. The summed E-state index contributed by atoms with van der Waals surface area (Å²) < 4.78 is 34.7. The Hall–Kier alpha value is -6.33. The van der Waals surface area contributed by atoms with Crippen molar-refractivity contribution in [3.8, 4) is 17.3 Å². The molecule has 0 atom stereocenters. The zero-order valence-corrected chi connectivity index (χ0v) is 30.4. The number of benzene rings is 6. The van der Waals surface area contributed by atoms with E-state index in [-0.39, 0.29) is 23.9 Å². The Kier molecular flexibility index (Phi) is 5.92. The molecule has 6 aromatic carbocycles. The molecule has 12 rings (SSSR count). The molecule has 54 heavy (non-hydrogen) atoms. The van der Waals surface area contributed by atoms with Crippen LogP contribution in [0.5, 0.6) is 11.5 Å². The summed E-state index contributed by atoms with van der Waals surface area (Å²) in [7, 11) is 0. The highest BCUT2D eigenvalue weighted by Gasteiger charge is 2.42. The molecule has 5 heteroatoms. The van der Waals surface area contributed by atoms with Crippen molar-refractivity contribution in [2.24, 2.45) is 0 Å². The highest BCUT2D eigenvalue weighted by atomic mass is 16.5. The van der Waals surface area contributed by atoms with Gasteiger partial charge in [-0.05, 0) is 99.0 Å². The molecule has 262 valence electrons. The lowest BCUT2D eigenvalue weighted by atomic mass is 9.61. The van der Waals surface area contributed by atoms with Gasteiger partial charge >= 0.3 is 0 Å². The summed E-state index contributed by atoms with van der Waals surface area (Å²) in [4.78, 5) is 8.52. The summed E-state index contributed by atoms with van der Waals surface area (Å²) in [6.45, 7) is 4.52. The molecular weight excluding hydrogens is 661 g/mol. The van der Waals surface area contributed by atoms with Gasteiger partial charge in [-0.3, -0.25) is 4.57 Å². The van der Waals surface area contributed by atoms with E-state index < -0.39 is 6.98 Å². The second-order valence-electron chi connectivity index (χ2n) is 15.9. The third kappa shape index (κ3) is 4.54. The lowest BCUT2D eigenvalue weighted by Gasteiger charge is -2.42. The lowest BCUT2D eigenvalue weighted by Crippen LogP contribution is -2.27. The van der Waals surface area contributed by atoms with E-state index >= 15 is 0 Å². The molecule has 0 unspecified atom stereocenters. The molecule has 3 aliphatic carbocycles. The van der Waals surface area contributed by atoms with Crippen LogP contribution in [0.15, 0.2) is 146 Å². The number of aromatic nitrogens is 2. The van der Waals surface area contributed by atoms with Crippen LogP contribution in [-0.4, -0.2) is 23.2 Å². The third-order valence-electron chi connectivity index (χ3n) is 11.8. The first-order valence-electron chi connectivity index (χ1n) is 20.2. The summed E-state index contributed by atoms with van der Waals surface area (Å²) in [5, 5.41) is 2.27. The molecule has 0 fully saturated rings. The van der Waals surface area contributed by atoms with E-state index in [9.17, 15) is 0 Å². The standard InChI is InChI=1S/C49H40N4O/c1-49(2,3)30-22-23-50-46(24-30)53-42-19-10-9-14-34(42)35-21-20-33(26-43(35)53)54-32-13-11-12-31(25-32)52-29-51(4)44-27-40-41(28-45(44)52)48-38-17-7-5-15-36(38)47(40)37-16-6-8-18-39(37)48/h5-28,47-48H,29H2,1-4H3/i4D3. The summed E-state index contributed by atoms with van der Waals surface area (Å²) in [5.74, 6) is 2.36. The van der Waals surface area contributed by atoms with Crippen molar-refractivity contribution in [3.63, 3.8) is 0 Å². The molecule has 2 aromatic heterocycles. The Morgan fingerprint density at radius 1 is 0.611 bits per heavy atom. The third-order valence-corrected chi connectivity index (χ3v) is 11.8. The van der Waals surface area contributed by atoms with E-state index in [4.69, 9.17) is 13.8 Å². The molecule has 0 saturated carbocycles. The Morgan fingerprint density at radius 2 is 1.26 bits per heavy atom. The van der Waals surface area contributed by atoms with Crippen LogP contribution in [0.25, 0.3) is 27.6 Å². The molecule has 1 aliphatic heterocycles. The number of para-hydroxylation sites is 1. The molecule has 0 saturated heterocycles. The number of fused-ring (bicyclic) bond motifs is 4. The molecule has 0 N–H and O–H groups in total. The van der Waals surface area contributed by atoms with E-state index in [0.717, 1.165) is 44.7 Å². The minimum Gasteiger partial charge on any atom is -0.457 e. The van der Waals surface area contributed by atoms with Crippen molar-refractivity contribution < 1.29 is 8.85 Å². The zero-order chi connectivity index (χ0) is 38.8. The van der Waals surface area contributed by atoms with Crippen LogP contribution < -0.4 is 14.5 Å². The van der Waals surface area contributed by atoms with Crippen molar-refractivity contribution in [2.45, 2.75) is 38.0 Å². The lowest BCUT2D eigenvalue weighted by molar-refractivity contribution is 0.483. The number of anilines is 3. The maximum Gasteiger partial charge on any atom is 0.137 e. The van der Waals surface area contributed by atoms with Gasteiger partial charge in [-0.2, -0.15) is 0 Å². The van der Waals surface area contributed by atoms with Crippen LogP contribution in [-0.2, 0) is 5.41 Å². The first-order valence-corrected chi connectivity index (χ1v) is 18.7. The number of nitrogens with zero attached hydrogens (tertiary/aromatic N) is 4. The van der Waals surface area contributed by atoms with Crippen LogP contribution in [0.3, 0.4) is 0 Å². The summed E-state index contributed by atoms with van der Waals surface area (Å²) in [5.41, 5.74) is 13.5. The van der Waals surface area contributed by atoms with Crippen LogP contribution in [0.1, 0.15) is 75.7 Å². The minimum atomic E-state index is -2.33. The molecule has 0 amide bonds. The van der Waals surface area contributed by atoms with Crippen LogP contribution in [0.4, 0.5) is 17.1 Å². The highest BCUT2D eigenvalue weighted by molar-refractivity contribution is 6.09. The van der Waals surface area contributed by atoms with Crippen molar-refractivity contribution in [1.29, 1.82) is 0 Å². The normalized spacial score (nSPS) is 17.8. The van der Waals surface area contributed by atoms with E-state index in [2.05, 4.69) is 139 Å². The first-order chi connectivity index (χ1) is 27.5. The van der Waals surface area contributed by atoms with Gasteiger partial charge in [-0.15, -0.1) is 0 Å². The van der Waals surface area contributed by atoms with Crippen molar-refractivity contribution in [1.82, 2.24) is 9.55 Å². The number of ether oxygens (including phenoxy) is 1. The van der Waals surface area contributed by atoms with E-state index in [1.54, 1.807) is 4.90 Å². The molecular formula is C49H40N4O. The monoisotopic (exact) mass is 703 g/mol. The fourth-order valence-electron chi connectivity index (χ4n) is 9.25. The minimum absolute atomic E-state index is 0.0258. The van der Waals surface area contributed by atoms with E-state index in [1.165, 1.54) is 38.9 Å². The van der Waals surface area contributed by atoms with E-state index in [0.29, 0.717) is 11.5 Å². The van der Waals surface area contributed by atoms with Gasteiger partial charge in [0.2, 0.25) is 0 Å². The van der Waals surface area contributed by atoms with Gasteiger partial charge in [-0.1, -0.05) is 93.6 Å². The Bertz CT molecular complexity index is 2890. The zero-order valence-electron chi connectivity index (χ0n) is 33.4. The van der Waals surface area contributed by atoms with Gasteiger partial charge in [0.05, 0.1) is 29.1 Å². The maximum atomic E-state index is 8.61. The van der Waals surface area contributed by atoms with Crippen molar-refractivity contribution >= 4 is 38.9 Å². The molecule has 2 bridgehead atoms. The van der Waals surface area contributed by atoms with Gasteiger partial charge in [0.15, 0.2) is 0 Å². The second kappa shape index (κ2) is 11.3. The Balaban J connectivity index is 0.991. The van der Waals surface area contributed by atoms with Gasteiger partial charge in [0.1, 0.15) is 17.3 Å². The maximum absolute atomic E-state index is 8.61. The average molecular weight is 704 g/mol. The smallest absolute Gasteiger partial charge is 0.137 e. The van der Waals surface area contributed by atoms with E-state index in [1.807, 2.05) is 36.5 Å². The largest absolute Gasteiger partial charge is 0.457 e. The molecule has 0 spiro atoms. The molecule has 5 nitrogen and oxygen atoms in total. The van der Waals surface area contributed by atoms with Crippen molar-refractivity contribution in [3.05, 3.63) is 185 Å². The molecule has 0 radical (unpaired) electrons. The predicted molar refractivity (Wildman–Crippen MR) is 220 cm³/mol. The molecule has 8 aromatic rings. The van der Waals surface area contributed by atoms with Gasteiger partial charge in [0, 0.05) is 57.7 Å². The van der Waals surface area contributed by atoms with Crippen LogP contribution >= 0.6 is 0 Å². The number of pyridine rings is 1. The Labute approximate surface area is 319 Å². The SMILES string of the molecule is [2H]C([2H])([2H])N1CN(c2cccc(Oc3ccc4c5ccccc5n(-c5cc(C(C)(C)C)ccn5)c4c3)c2)c2cc3c(cc21)C1c2ccccc2C3c2ccccc21. The average Bonchev–Trinajstić information content (AvgIpc) is 3.75. The first kappa shape index (κ1) is 28.2. The number of hydrogen-bond donors (Lipinski definition) is 0. The van der Waals surface area contributed by atoms with Crippen LogP contribution in [0.2, 0.25) is 0 Å². The molecule has 3 heterocycles. The summed E-state index contributed by atoms with van der Waals surface area (Å²) in [6.07, 6.45) is 1.89. The van der Waals surface area contributed by atoms with Gasteiger partial charge in [0.25, 0.3) is 0 Å². The van der Waals surface area contributed by atoms with Crippen molar-refractivity contribution in [2.75, 3.05) is 23.4 Å². The Morgan fingerprint density at radius 3 is 1.96 bits per heavy atom. The fourth-order valence-corrected chi connectivity index (χ4v) is 9.25. The fraction of sp³-hybridized carbons (Fsp3) is 0.163. The number of rotatable bonds is 4.